The zero-order valence-corrected chi connectivity index (χ0v) is 16.1. The van der Waals surface area contributed by atoms with E-state index in [9.17, 15) is 9.59 Å². The average molecular weight is 386 g/mol. The molecule has 0 unspecified atom stereocenters. The van der Waals surface area contributed by atoms with Crippen LogP contribution < -0.4 is 10.5 Å². The SMILES string of the molecule is C=CCn1c(SCC(=O)N(CC)c2ccccc2)nc2ccsc2c1=O. The quantitative estimate of drug-likeness (QED) is 0.353. The number of carbonyl (C=O) groups excluding carboxylic acids is 1. The molecule has 0 atom stereocenters. The molecular formula is C19H19N3O2S2. The van der Waals surface area contributed by atoms with E-state index in [4.69, 9.17) is 0 Å². The summed E-state index contributed by atoms with van der Waals surface area (Å²) in [6.45, 7) is 6.61. The van der Waals surface area contributed by atoms with E-state index in [2.05, 4.69) is 11.6 Å². The lowest BCUT2D eigenvalue weighted by Crippen LogP contribution is -2.32. The molecule has 7 heteroatoms. The zero-order valence-electron chi connectivity index (χ0n) is 14.4. The largest absolute Gasteiger partial charge is 0.312 e. The van der Waals surface area contributed by atoms with Crippen LogP contribution in [0.4, 0.5) is 5.69 Å². The van der Waals surface area contributed by atoms with Gasteiger partial charge in [-0.1, -0.05) is 36.0 Å². The molecule has 0 aliphatic carbocycles. The number of para-hydroxylation sites is 1. The van der Waals surface area contributed by atoms with E-state index in [1.54, 1.807) is 15.5 Å². The predicted octanol–water partition coefficient (Wildman–Crippen LogP) is 3.79. The molecule has 0 fully saturated rings. The van der Waals surface area contributed by atoms with Gasteiger partial charge in [-0.25, -0.2) is 4.98 Å². The Bertz CT molecular complexity index is 979. The van der Waals surface area contributed by atoms with E-state index in [1.165, 1.54) is 23.1 Å². The molecule has 0 radical (unpaired) electrons. The summed E-state index contributed by atoms with van der Waals surface area (Å²) < 4.78 is 2.20. The van der Waals surface area contributed by atoms with Crippen molar-refractivity contribution in [3.8, 4) is 0 Å². The van der Waals surface area contributed by atoms with Crippen molar-refractivity contribution in [1.82, 2.24) is 9.55 Å². The van der Waals surface area contributed by atoms with Gasteiger partial charge in [-0.15, -0.1) is 17.9 Å². The van der Waals surface area contributed by atoms with Gasteiger partial charge in [-0.2, -0.15) is 0 Å². The summed E-state index contributed by atoms with van der Waals surface area (Å²) in [4.78, 5) is 31.6. The molecule has 0 saturated carbocycles. The van der Waals surface area contributed by atoms with Gasteiger partial charge in [0.25, 0.3) is 5.56 Å². The maximum absolute atomic E-state index is 12.7. The summed E-state index contributed by atoms with van der Waals surface area (Å²) in [5.41, 5.74) is 1.45. The summed E-state index contributed by atoms with van der Waals surface area (Å²) in [5.74, 6) is 0.190. The van der Waals surface area contributed by atoms with E-state index in [-0.39, 0.29) is 17.2 Å². The Labute approximate surface area is 160 Å². The summed E-state index contributed by atoms with van der Waals surface area (Å²) in [7, 11) is 0. The highest BCUT2D eigenvalue weighted by atomic mass is 32.2. The number of fused-ring (bicyclic) bond motifs is 1. The van der Waals surface area contributed by atoms with E-state index >= 15 is 0 Å². The van der Waals surface area contributed by atoms with E-state index in [0.717, 1.165) is 5.69 Å². The fraction of sp³-hybridized carbons (Fsp3) is 0.211. The molecule has 134 valence electrons. The third-order valence-corrected chi connectivity index (χ3v) is 5.71. The van der Waals surface area contributed by atoms with Crippen LogP contribution in [0.5, 0.6) is 0 Å². The fourth-order valence-corrected chi connectivity index (χ4v) is 4.30. The molecule has 0 saturated heterocycles. The first kappa shape index (κ1) is 18.4. The predicted molar refractivity (Wildman–Crippen MR) is 109 cm³/mol. The normalized spacial score (nSPS) is 10.8. The number of thioether (sulfide) groups is 1. The van der Waals surface area contributed by atoms with Crippen LogP contribution in [0, 0.1) is 0 Å². The topological polar surface area (TPSA) is 55.2 Å². The van der Waals surface area contributed by atoms with Crippen LogP contribution in [0.3, 0.4) is 0 Å². The van der Waals surface area contributed by atoms with Gasteiger partial charge in [0.2, 0.25) is 5.91 Å². The molecule has 5 nitrogen and oxygen atoms in total. The molecule has 0 aliphatic heterocycles. The first-order valence-electron chi connectivity index (χ1n) is 8.22. The first-order chi connectivity index (χ1) is 12.7. The van der Waals surface area contributed by atoms with Crippen molar-refractivity contribution in [2.75, 3.05) is 17.2 Å². The molecule has 1 amide bonds. The van der Waals surface area contributed by atoms with Crippen molar-refractivity contribution in [2.45, 2.75) is 18.6 Å². The van der Waals surface area contributed by atoms with Gasteiger partial charge in [0.1, 0.15) is 4.70 Å². The lowest BCUT2D eigenvalue weighted by Gasteiger charge is -2.21. The Morgan fingerprint density at radius 2 is 2.12 bits per heavy atom. The molecule has 3 aromatic rings. The standard InChI is InChI=1S/C19H19N3O2S2/c1-3-11-22-18(24)17-15(10-12-25-17)20-19(22)26-13-16(23)21(4-2)14-8-6-5-7-9-14/h3,5-10,12H,1,4,11,13H2,2H3. The van der Waals surface area contributed by atoms with Crippen LogP contribution in [0.25, 0.3) is 10.2 Å². The highest BCUT2D eigenvalue weighted by molar-refractivity contribution is 7.99. The maximum atomic E-state index is 12.7. The average Bonchev–Trinajstić information content (AvgIpc) is 3.13. The summed E-state index contributed by atoms with van der Waals surface area (Å²) in [6.07, 6.45) is 1.66. The number of rotatable bonds is 7. The fourth-order valence-electron chi connectivity index (χ4n) is 2.64. The molecule has 0 aliphatic rings. The minimum Gasteiger partial charge on any atom is -0.312 e. The van der Waals surface area contributed by atoms with Crippen molar-refractivity contribution in [3.63, 3.8) is 0 Å². The highest BCUT2D eigenvalue weighted by Crippen LogP contribution is 2.22. The van der Waals surface area contributed by atoms with Gasteiger partial charge in [0.15, 0.2) is 5.16 Å². The first-order valence-corrected chi connectivity index (χ1v) is 10.1. The van der Waals surface area contributed by atoms with Gasteiger partial charge in [0.05, 0.1) is 11.3 Å². The Balaban J connectivity index is 1.84. The van der Waals surface area contributed by atoms with Crippen molar-refractivity contribution in [2.24, 2.45) is 0 Å². The zero-order chi connectivity index (χ0) is 18.5. The Morgan fingerprint density at radius 1 is 1.35 bits per heavy atom. The molecule has 26 heavy (non-hydrogen) atoms. The number of allylic oxidation sites excluding steroid dienone is 1. The Kier molecular flexibility index (Phi) is 5.90. The van der Waals surface area contributed by atoms with Crippen LogP contribution in [-0.4, -0.2) is 27.8 Å². The molecule has 0 N–H and O–H groups in total. The Morgan fingerprint density at radius 3 is 2.81 bits per heavy atom. The van der Waals surface area contributed by atoms with Crippen LogP contribution in [0.15, 0.2) is 64.4 Å². The molecule has 0 spiro atoms. The van der Waals surface area contributed by atoms with Crippen LogP contribution in [-0.2, 0) is 11.3 Å². The molecule has 3 rings (SSSR count). The van der Waals surface area contributed by atoms with Gasteiger partial charge in [0, 0.05) is 18.8 Å². The van der Waals surface area contributed by atoms with Crippen molar-refractivity contribution in [3.05, 3.63) is 64.8 Å². The molecule has 1 aromatic carbocycles. The van der Waals surface area contributed by atoms with Gasteiger partial charge < -0.3 is 4.90 Å². The van der Waals surface area contributed by atoms with Gasteiger partial charge >= 0.3 is 0 Å². The third kappa shape index (κ3) is 3.73. The van der Waals surface area contributed by atoms with Crippen LogP contribution in [0.1, 0.15) is 6.92 Å². The van der Waals surface area contributed by atoms with Crippen LogP contribution in [0.2, 0.25) is 0 Å². The number of amides is 1. The van der Waals surface area contributed by atoms with Crippen molar-refractivity contribution < 1.29 is 4.79 Å². The van der Waals surface area contributed by atoms with E-state index in [1.807, 2.05) is 48.7 Å². The highest BCUT2D eigenvalue weighted by Gasteiger charge is 2.17. The number of thiophene rings is 1. The van der Waals surface area contributed by atoms with Gasteiger partial charge in [-0.3, -0.25) is 14.2 Å². The molecule has 0 bridgehead atoms. The molecular weight excluding hydrogens is 366 g/mol. The lowest BCUT2D eigenvalue weighted by atomic mass is 10.3. The lowest BCUT2D eigenvalue weighted by molar-refractivity contribution is -0.116. The second kappa shape index (κ2) is 8.33. The molecule has 2 heterocycles. The van der Waals surface area contributed by atoms with E-state index in [0.29, 0.717) is 28.5 Å². The number of hydrogen-bond donors (Lipinski definition) is 0. The number of hydrogen-bond acceptors (Lipinski definition) is 5. The minimum absolute atomic E-state index is 0.0199. The number of nitrogens with zero attached hydrogens (tertiary/aromatic N) is 3. The second-order valence-corrected chi connectivity index (χ2v) is 7.35. The summed E-state index contributed by atoms with van der Waals surface area (Å²) in [5, 5.41) is 2.39. The Hall–Kier alpha value is -2.38. The van der Waals surface area contributed by atoms with E-state index < -0.39 is 0 Å². The monoisotopic (exact) mass is 385 g/mol. The number of carbonyl (C=O) groups is 1. The van der Waals surface area contributed by atoms with Crippen LogP contribution >= 0.6 is 23.1 Å². The smallest absolute Gasteiger partial charge is 0.272 e. The minimum atomic E-state index is -0.0877. The maximum Gasteiger partial charge on any atom is 0.272 e. The summed E-state index contributed by atoms with van der Waals surface area (Å²) in [6, 6.07) is 11.4. The molecule has 2 aromatic heterocycles. The number of anilines is 1. The van der Waals surface area contributed by atoms with Crippen molar-refractivity contribution >= 4 is 44.9 Å². The second-order valence-electron chi connectivity index (χ2n) is 5.50. The third-order valence-electron chi connectivity index (χ3n) is 3.85. The number of benzene rings is 1. The van der Waals surface area contributed by atoms with Crippen molar-refractivity contribution in [1.29, 1.82) is 0 Å². The summed E-state index contributed by atoms with van der Waals surface area (Å²) >= 11 is 2.66. The van der Waals surface area contributed by atoms with Gasteiger partial charge in [-0.05, 0) is 30.5 Å². The number of aromatic nitrogens is 2.